The molecule has 5 nitrogen and oxygen atoms in total. The molecule has 0 aliphatic rings. The summed E-state index contributed by atoms with van der Waals surface area (Å²) in [5.41, 5.74) is 2.77. The first-order valence-electron chi connectivity index (χ1n) is 6.82. The van der Waals surface area contributed by atoms with Gasteiger partial charge in [0.2, 0.25) is 5.88 Å². The third kappa shape index (κ3) is 3.25. The zero-order valence-corrected chi connectivity index (χ0v) is 12.0. The summed E-state index contributed by atoms with van der Waals surface area (Å²) >= 11 is 0. The summed E-state index contributed by atoms with van der Waals surface area (Å²) in [6.45, 7) is 4.42. The highest BCUT2D eigenvalue weighted by Crippen LogP contribution is 2.22. The summed E-state index contributed by atoms with van der Waals surface area (Å²) in [5.74, 6) is 0.446. The van der Waals surface area contributed by atoms with Crippen molar-refractivity contribution in [2.75, 3.05) is 0 Å². The van der Waals surface area contributed by atoms with Gasteiger partial charge in [0, 0.05) is 6.20 Å². The van der Waals surface area contributed by atoms with E-state index in [2.05, 4.69) is 15.0 Å². The Hall–Kier alpha value is -2.69. The lowest BCUT2D eigenvalue weighted by Gasteiger charge is -2.05. The quantitative estimate of drug-likeness (QED) is 0.745. The molecule has 21 heavy (non-hydrogen) atoms. The molecular weight excluding hydrogens is 266 g/mol. The van der Waals surface area contributed by atoms with E-state index in [1.54, 1.807) is 6.20 Å². The van der Waals surface area contributed by atoms with Crippen LogP contribution >= 0.6 is 0 Å². The molecule has 5 heteroatoms. The van der Waals surface area contributed by atoms with Crippen molar-refractivity contribution < 1.29 is 9.53 Å². The minimum Gasteiger partial charge on any atom is -0.471 e. The largest absolute Gasteiger partial charge is 0.471 e. The number of carbonyl (C=O) groups is 1. The number of hydrogen-bond acceptors (Lipinski definition) is 4. The number of nitrogens with one attached hydrogen (secondary N) is 1. The van der Waals surface area contributed by atoms with E-state index in [1.807, 2.05) is 44.2 Å². The topological polar surface area (TPSA) is 67.9 Å². The molecule has 3 aromatic rings. The normalized spacial score (nSPS) is 9.81. The van der Waals surface area contributed by atoms with Gasteiger partial charge < -0.3 is 9.72 Å². The van der Waals surface area contributed by atoms with Gasteiger partial charge >= 0.3 is 0 Å². The second-order valence-electron chi connectivity index (χ2n) is 4.04. The average Bonchev–Trinajstić information content (AvgIpc) is 2.99. The molecule has 108 valence electrons. The Labute approximate surface area is 123 Å². The van der Waals surface area contributed by atoms with Crippen LogP contribution in [0.25, 0.3) is 11.0 Å². The van der Waals surface area contributed by atoms with E-state index in [4.69, 9.17) is 4.74 Å². The molecule has 0 fully saturated rings. The number of hydrogen-bond donors (Lipinski definition) is 1. The molecule has 0 unspecified atom stereocenters. The van der Waals surface area contributed by atoms with Crippen LogP contribution in [0.15, 0.2) is 42.9 Å². The van der Waals surface area contributed by atoms with Crippen molar-refractivity contribution in [3.8, 4) is 5.88 Å². The third-order valence-corrected chi connectivity index (χ3v) is 2.80. The fourth-order valence-electron chi connectivity index (χ4n) is 1.86. The van der Waals surface area contributed by atoms with Gasteiger partial charge in [0.25, 0.3) is 0 Å². The Morgan fingerprint density at radius 2 is 1.95 bits per heavy atom. The number of ether oxygens (including phenoxy) is 1. The van der Waals surface area contributed by atoms with Crippen LogP contribution in [0.4, 0.5) is 0 Å². The number of fused-ring (bicyclic) bond motifs is 1. The van der Waals surface area contributed by atoms with Crippen LogP contribution < -0.4 is 4.74 Å². The van der Waals surface area contributed by atoms with E-state index >= 15 is 0 Å². The van der Waals surface area contributed by atoms with Crippen LogP contribution in [0.3, 0.4) is 0 Å². The SMILES string of the molecule is CC.O=Cc1c[nH]c2c(OCc3ccccc3)ncnc12. The fraction of sp³-hybridized carbons (Fsp3) is 0.188. The molecule has 2 aromatic heterocycles. The Morgan fingerprint density at radius 1 is 1.19 bits per heavy atom. The molecule has 0 aliphatic heterocycles. The fourth-order valence-corrected chi connectivity index (χ4v) is 1.86. The van der Waals surface area contributed by atoms with Gasteiger partial charge in [-0.05, 0) is 5.56 Å². The molecule has 0 saturated heterocycles. The van der Waals surface area contributed by atoms with Crippen molar-refractivity contribution in [1.29, 1.82) is 0 Å². The van der Waals surface area contributed by atoms with E-state index in [9.17, 15) is 4.79 Å². The first kappa shape index (κ1) is 14.7. The lowest BCUT2D eigenvalue weighted by Crippen LogP contribution is -1.98. The molecular formula is C16H17N3O2. The number of aromatic amines is 1. The lowest BCUT2D eigenvalue weighted by atomic mass is 10.2. The molecule has 1 aromatic carbocycles. The van der Waals surface area contributed by atoms with Crippen LogP contribution in [0, 0.1) is 0 Å². The summed E-state index contributed by atoms with van der Waals surface area (Å²) in [7, 11) is 0. The van der Waals surface area contributed by atoms with E-state index in [0.29, 0.717) is 29.1 Å². The highest BCUT2D eigenvalue weighted by atomic mass is 16.5. The molecule has 2 heterocycles. The minimum atomic E-state index is 0.419. The number of aldehydes is 1. The molecule has 0 radical (unpaired) electrons. The number of rotatable bonds is 4. The molecule has 0 amide bonds. The highest BCUT2D eigenvalue weighted by Gasteiger charge is 2.10. The van der Waals surface area contributed by atoms with Gasteiger partial charge in [0.15, 0.2) is 6.29 Å². The van der Waals surface area contributed by atoms with E-state index in [0.717, 1.165) is 11.8 Å². The molecule has 0 bridgehead atoms. The first-order valence-corrected chi connectivity index (χ1v) is 6.82. The van der Waals surface area contributed by atoms with E-state index < -0.39 is 0 Å². The van der Waals surface area contributed by atoms with Crippen molar-refractivity contribution in [3.05, 3.63) is 54.0 Å². The van der Waals surface area contributed by atoms with Crippen LogP contribution in [0.2, 0.25) is 0 Å². The summed E-state index contributed by atoms with van der Waals surface area (Å²) in [4.78, 5) is 22.0. The monoisotopic (exact) mass is 283 g/mol. The van der Waals surface area contributed by atoms with E-state index in [-0.39, 0.29) is 0 Å². The van der Waals surface area contributed by atoms with Crippen LogP contribution in [0.5, 0.6) is 5.88 Å². The van der Waals surface area contributed by atoms with Crippen molar-refractivity contribution in [2.24, 2.45) is 0 Å². The van der Waals surface area contributed by atoms with Crippen molar-refractivity contribution in [1.82, 2.24) is 15.0 Å². The van der Waals surface area contributed by atoms with E-state index in [1.165, 1.54) is 6.33 Å². The number of carbonyl (C=O) groups excluding carboxylic acids is 1. The summed E-state index contributed by atoms with van der Waals surface area (Å²) in [5, 5.41) is 0. The molecule has 0 aliphatic carbocycles. The number of nitrogens with zero attached hydrogens (tertiary/aromatic N) is 2. The second-order valence-corrected chi connectivity index (χ2v) is 4.04. The zero-order chi connectivity index (χ0) is 15.1. The predicted octanol–water partition coefficient (Wildman–Crippen LogP) is 3.38. The maximum absolute atomic E-state index is 10.9. The Balaban J connectivity index is 0.000000774. The number of H-pyrrole nitrogens is 1. The summed E-state index contributed by atoms with van der Waals surface area (Å²) < 4.78 is 5.66. The Morgan fingerprint density at radius 3 is 2.67 bits per heavy atom. The molecule has 0 spiro atoms. The number of benzene rings is 1. The van der Waals surface area contributed by atoms with Crippen molar-refractivity contribution in [2.45, 2.75) is 20.5 Å². The van der Waals surface area contributed by atoms with Gasteiger partial charge in [-0.2, -0.15) is 4.98 Å². The van der Waals surface area contributed by atoms with Crippen molar-refractivity contribution in [3.63, 3.8) is 0 Å². The Kier molecular flexibility index (Phi) is 5.04. The zero-order valence-electron chi connectivity index (χ0n) is 12.0. The molecule has 3 rings (SSSR count). The lowest BCUT2D eigenvalue weighted by molar-refractivity contribution is 0.112. The maximum Gasteiger partial charge on any atom is 0.241 e. The molecule has 1 N–H and O–H groups in total. The summed E-state index contributed by atoms with van der Waals surface area (Å²) in [6.07, 6.45) is 3.75. The maximum atomic E-state index is 10.9. The van der Waals surface area contributed by atoms with Crippen LogP contribution in [-0.4, -0.2) is 21.2 Å². The van der Waals surface area contributed by atoms with Crippen LogP contribution in [-0.2, 0) is 6.61 Å². The summed E-state index contributed by atoms with van der Waals surface area (Å²) in [6, 6.07) is 9.81. The smallest absolute Gasteiger partial charge is 0.241 e. The van der Waals surface area contributed by atoms with Gasteiger partial charge in [-0.25, -0.2) is 4.98 Å². The standard InChI is InChI=1S/C14H11N3O2.C2H6/c18-7-11-6-15-13-12(11)16-9-17-14(13)19-8-10-4-2-1-3-5-10;1-2/h1-7,9,15H,8H2;1-2H3. The van der Waals surface area contributed by atoms with Crippen LogP contribution in [0.1, 0.15) is 29.8 Å². The van der Waals surface area contributed by atoms with Gasteiger partial charge in [-0.1, -0.05) is 44.2 Å². The predicted molar refractivity (Wildman–Crippen MR) is 81.4 cm³/mol. The van der Waals surface area contributed by atoms with Crippen molar-refractivity contribution >= 4 is 17.3 Å². The van der Waals surface area contributed by atoms with Gasteiger partial charge in [-0.3, -0.25) is 4.79 Å². The minimum absolute atomic E-state index is 0.419. The van der Waals surface area contributed by atoms with Gasteiger partial charge in [0.1, 0.15) is 24.0 Å². The number of aromatic nitrogens is 3. The molecule has 0 atom stereocenters. The third-order valence-electron chi connectivity index (χ3n) is 2.80. The van der Waals surface area contributed by atoms with Gasteiger partial charge in [0.05, 0.1) is 5.56 Å². The van der Waals surface area contributed by atoms with Gasteiger partial charge in [-0.15, -0.1) is 0 Å². The Bertz CT molecular complexity index is 708. The first-order chi connectivity index (χ1) is 10.4. The highest BCUT2D eigenvalue weighted by molar-refractivity contribution is 5.96. The second kappa shape index (κ2) is 7.19. The molecule has 0 saturated carbocycles. The average molecular weight is 283 g/mol.